The van der Waals surface area contributed by atoms with Gasteiger partial charge < -0.3 is 24.8 Å². The largest absolute Gasteiger partial charge is 0.437 e. The summed E-state index contributed by atoms with van der Waals surface area (Å²) in [5.74, 6) is -1.22. The summed E-state index contributed by atoms with van der Waals surface area (Å²) >= 11 is 0. The molecule has 2 aromatic heterocycles. The van der Waals surface area contributed by atoms with E-state index in [2.05, 4.69) is 30.9 Å². The summed E-state index contributed by atoms with van der Waals surface area (Å²) in [5.41, 5.74) is 0.845. The Morgan fingerprint density at radius 1 is 1.12 bits per heavy atom. The zero-order chi connectivity index (χ0) is 31.3. The minimum Gasteiger partial charge on any atom is -0.354 e. The lowest BCUT2D eigenvalue weighted by Crippen LogP contribution is -2.55. The van der Waals surface area contributed by atoms with E-state index in [1.54, 1.807) is 51.3 Å². The van der Waals surface area contributed by atoms with Gasteiger partial charge in [-0.3, -0.25) is 14.7 Å². The molecule has 2 fully saturated rings. The number of nitrogens with zero attached hydrogens (tertiary/aromatic N) is 5. The topological polar surface area (TPSA) is 196 Å². The number of nitrogens with one attached hydrogen (secondary N) is 3. The fraction of sp³-hybridized carbons (Fsp3) is 0.500. The highest BCUT2D eigenvalue weighted by Crippen LogP contribution is 2.44. The molecule has 4 heterocycles. The van der Waals surface area contributed by atoms with Crippen molar-refractivity contribution in [1.29, 1.82) is 0 Å². The van der Waals surface area contributed by atoms with Crippen molar-refractivity contribution in [1.82, 2.24) is 28.7 Å². The molecule has 232 valence electrons. The van der Waals surface area contributed by atoms with Gasteiger partial charge >= 0.3 is 16.3 Å². The van der Waals surface area contributed by atoms with Crippen LogP contribution in [0.15, 0.2) is 36.9 Å². The number of likely N-dealkylation sites (N-methyl/N-ethyl adjacent to an activating group) is 1. The molecular weight excluding hydrogens is 584 g/mol. The fourth-order valence-electron chi connectivity index (χ4n) is 5.31. The summed E-state index contributed by atoms with van der Waals surface area (Å²) in [6.45, 7) is 9.00. The molecule has 2 aliphatic rings. The van der Waals surface area contributed by atoms with Crippen LogP contribution in [0.4, 0.5) is 22.0 Å². The first kappa shape index (κ1) is 30.7. The Hall–Kier alpha value is -3.74. The van der Waals surface area contributed by atoms with Gasteiger partial charge in [0.2, 0.25) is 0 Å². The summed E-state index contributed by atoms with van der Waals surface area (Å²) in [5, 5.41) is 8.03. The van der Waals surface area contributed by atoms with Crippen molar-refractivity contribution in [3.63, 3.8) is 0 Å². The number of carbonyl (C=O) groups is 2. The number of benzene rings is 1. The van der Waals surface area contributed by atoms with E-state index >= 15 is 0 Å². The number of urea groups is 1. The van der Waals surface area contributed by atoms with E-state index in [4.69, 9.17) is 14.2 Å². The number of carbonyl (C=O) groups excluding carboxylic acids is 2. The molecule has 2 saturated heterocycles. The lowest BCUT2D eigenvalue weighted by atomic mass is 10.1. The van der Waals surface area contributed by atoms with Crippen LogP contribution in [0.1, 0.15) is 40.8 Å². The first-order valence-electron chi connectivity index (χ1n) is 13.7. The average molecular weight is 620 g/mol. The molecule has 0 bridgehead atoms. The van der Waals surface area contributed by atoms with Crippen molar-refractivity contribution >= 4 is 50.6 Å². The van der Waals surface area contributed by atoms with Crippen molar-refractivity contribution < 1.29 is 36.8 Å². The Balaban J connectivity index is 1.42. The molecule has 17 heteroatoms. The molecular formula is C26H35N8O8S+. The third kappa shape index (κ3) is 5.43. The van der Waals surface area contributed by atoms with Gasteiger partial charge in [0.1, 0.15) is 30.3 Å². The minimum absolute atomic E-state index is 0.0633. The number of imidazole rings is 1. The molecule has 16 nitrogen and oxygen atoms in total. The monoisotopic (exact) mass is 619 g/mol. The molecule has 0 spiro atoms. The zero-order valence-electron chi connectivity index (χ0n) is 24.5. The molecule has 0 aliphatic carbocycles. The van der Waals surface area contributed by atoms with Crippen LogP contribution in [0.3, 0.4) is 0 Å². The minimum atomic E-state index is -4.62. The summed E-state index contributed by atoms with van der Waals surface area (Å²) in [6, 6.07) is 4.93. The van der Waals surface area contributed by atoms with Crippen LogP contribution in [0.5, 0.6) is 0 Å². The van der Waals surface area contributed by atoms with Gasteiger partial charge in [0.25, 0.3) is 5.91 Å². The molecule has 0 saturated carbocycles. The Morgan fingerprint density at radius 3 is 2.49 bits per heavy atom. The van der Waals surface area contributed by atoms with Gasteiger partial charge in [-0.2, -0.15) is 3.89 Å². The summed E-state index contributed by atoms with van der Waals surface area (Å²) < 4.78 is 53.8. The van der Waals surface area contributed by atoms with E-state index in [1.165, 1.54) is 31.8 Å². The van der Waals surface area contributed by atoms with E-state index in [9.17, 15) is 22.6 Å². The second-order valence-corrected chi connectivity index (χ2v) is 12.7. The predicted octanol–water partition coefficient (Wildman–Crippen LogP) is 2.17. The predicted molar refractivity (Wildman–Crippen MR) is 155 cm³/mol. The first-order chi connectivity index (χ1) is 20.2. The standard InChI is InChI=1S/C26H34N8O8S/c1-7-27-23(35)19-18-20(42-26(4,5)41-18)24(40-19)33-13-30-17-21(28-12-29-22(17)33)32-25(36)31-15-10-8-9-11-16(15)34(6,14(2)3)43(37,38)39/h8-14,18-20,24H,7H2,1-6H3,(H3-,27,28,29,31,32,35,36,37,38,39)/p+1/t18-,19+,20-,24-,34?/m1/s1. The number of quaternary nitrogens is 1. The van der Waals surface area contributed by atoms with Gasteiger partial charge in [-0.05, 0) is 40.7 Å². The van der Waals surface area contributed by atoms with Gasteiger partial charge in [-0.1, -0.05) is 12.1 Å². The normalized spacial score (nSPS) is 24.5. The number of hydrogen-bond acceptors (Lipinski definition) is 10. The van der Waals surface area contributed by atoms with Gasteiger partial charge in [0, 0.05) is 12.6 Å². The smallest absolute Gasteiger partial charge is 0.354 e. The number of amides is 3. The van der Waals surface area contributed by atoms with Crippen molar-refractivity contribution in [2.45, 2.75) is 71.0 Å². The molecule has 2 aliphatic heterocycles. The maximum absolute atomic E-state index is 13.1. The third-order valence-corrected chi connectivity index (χ3v) is 9.18. The maximum atomic E-state index is 13.1. The highest BCUT2D eigenvalue weighted by Gasteiger charge is 2.58. The summed E-state index contributed by atoms with van der Waals surface area (Å²) in [6.07, 6.45) is -0.392. The third-order valence-electron chi connectivity index (χ3n) is 7.60. The second-order valence-electron chi connectivity index (χ2n) is 11.1. The maximum Gasteiger partial charge on any atom is 0.437 e. The Bertz CT molecular complexity index is 1660. The molecule has 3 amide bonds. The Labute approximate surface area is 248 Å². The molecule has 5 atom stereocenters. The number of ether oxygens (including phenoxy) is 3. The van der Waals surface area contributed by atoms with Gasteiger partial charge in [0.05, 0.1) is 13.4 Å². The van der Waals surface area contributed by atoms with E-state index < -0.39 is 56.6 Å². The molecule has 1 unspecified atom stereocenters. The number of para-hydroxylation sites is 2. The highest BCUT2D eigenvalue weighted by atomic mass is 32.2. The lowest BCUT2D eigenvalue weighted by Gasteiger charge is -2.34. The van der Waals surface area contributed by atoms with Gasteiger partial charge in [-0.25, -0.2) is 24.3 Å². The van der Waals surface area contributed by atoms with Crippen LogP contribution in [0.2, 0.25) is 0 Å². The number of hydrogen-bond donors (Lipinski definition) is 4. The molecule has 3 aromatic rings. The quantitative estimate of drug-likeness (QED) is 0.213. The average Bonchev–Trinajstić information content (AvgIpc) is 3.58. The number of anilines is 2. The number of fused-ring (bicyclic) bond motifs is 2. The second kappa shape index (κ2) is 11.1. The van der Waals surface area contributed by atoms with Crippen molar-refractivity contribution in [3.8, 4) is 0 Å². The van der Waals surface area contributed by atoms with Crippen LogP contribution in [0.25, 0.3) is 11.2 Å². The van der Waals surface area contributed by atoms with Crippen molar-refractivity contribution in [2.75, 3.05) is 24.2 Å². The van der Waals surface area contributed by atoms with E-state index in [0.29, 0.717) is 12.2 Å². The Morgan fingerprint density at radius 2 is 1.81 bits per heavy atom. The molecule has 1 aromatic carbocycles. The van der Waals surface area contributed by atoms with Crippen molar-refractivity contribution in [3.05, 3.63) is 36.9 Å². The number of rotatable bonds is 8. The molecule has 0 radical (unpaired) electrons. The summed E-state index contributed by atoms with van der Waals surface area (Å²) in [7, 11) is -3.28. The molecule has 5 rings (SSSR count). The van der Waals surface area contributed by atoms with Crippen LogP contribution < -0.4 is 19.8 Å². The lowest BCUT2D eigenvalue weighted by molar-refractivity contribution is -0.197. The Kier molecular flexibility index (Phi) is 7.91. The van der Waals surface area contributed by atoms with Crippen molar-refractivity contribution in [2.24, 2.45) is 0 Å². The molecule has 4 N–H and O–H groups in total. The van der Waals surface area contributed by atoms with E-state index in [0.717, 1.165) is 0 Å². The van der Waals surface area contributed by atoms with Crippen LogP contribution >= 0.6 is 0 Å². The SMILES string of the molecule is CCNC(=O)[C@H]1O[C@@H](n2cnc3c(NC(=O)Nc4ccccc4[N+](C)(C(C)C)S(=O)(=O)O)ncnc32)[C@@H]2OC(C)(C)O[C@@H]21. The first-order valence-corrected chi connectivity index (χ1v) is 15.1. The number of aromatic nitrogens is 4. The van der Waals surface area contributed by atoms with E-state index in [-0.39, 0.29) is 28.6 Å². The van der Waals surface area contributed by atoms with Gasteiger partial charge in [0.15, 0.2) is 40.8 Å². The van der Waals surface area contributed by atoms with Gasteiger partial charge in [-0.15, -0.1) is 8.42 Å². The van der Waals surface area contributed by atoms with Crippen LogP contribution in [0, 0.1) is 0 Å². The highest BCUT2D eigenvalue weighted by molar-refractivity contribution is 7.85. The zero-order valence-corrected chi connectivity index (χ0v) is 25.3. The fourth-order valence-corrected chi connectivity index (χ4v) is 6.25. The van der Waals surface area contributed by atoms with Crippen LogP contribution in [-0.2, 0) is 29.3 Å². The molecule has 43 heavy (non-hydrogen) atoms. The van der Waals surface area contributed by atoms with Crippen LogP contribution in [-0.4, -0.2) is 88.2 Å². The summed E-state index contributed by atoms with van der Waals surface area (Å²) in [4.78, 5) is 38.8. The van der Waals surface area contributed by atoms with E-state index in [1.807, 2.05) is 0 Å².